The second kappa shape index (κ2) is 4.69. The molecule has 0 spiro atoms. The van der Waals surface area contributed by atoms with Crippen LogP contribution in [-0.4, -0.2) is 37.5 Å². The van der Waals surface area contributed by atoms with E-state index < -0.39 is 0 Å². The fourth-order valence-electron chi connectivity index (χ4n) is 1.08. The van der Waals surface area contributed by atoms with E-state index in [-0.39, 0.29) is 5.91 Å². The number of nitrogens with zero attached hydrogens (tertiary/aromatic N) is 1. The molecule has 0 aromatic heterocycles. The van der Waals surface area contributed by atoms with Crippen molar-refractivity contribution in [3.8, 4) is 0 Å². The van der Waals surface area contributed by atoms with Gasteiger partial charge in [0.15, 0.2) is 5.96 Å². The van der Waals surface area contributed by atoms with Crippen molar-refractivity contribution in [2.75, 3.05) is 19.6 Å². The molecule has 1 heterocycles. The number of amides is 1. The van der Waals surface area contributed by atoms with Gasteiger partial charge in [-0.1, -0.05) is 0 Å². The molecule has 0 fully saturated rings. The van der Waals surface area contributed by atoms with Crippen molar-refractivity contribution in [1.82, 2.24) is 16.0 Å². The zero-order chi connectivity index (χ0) is 9.68. The molecule has 1 rings (SSSR count). The third-order valence-electron chi connectivity index (χ3n) is 1.70. The van der Waals surface area contributed by atoms with Crippen molar-refractivity contribution in [1.29, 1.82) is 0 Å². The fourth-order valence-corrected chi connectivity index (χ4v) is 1.08. The molecule has 0 bridgehead atoms. The quantitative estimate of drug-likeness (QED) is 0.496. The van der Waals surface area contributed by atoms with Crippen LogP contribution in [0.15, 0.2) is 4.99 Å². The predicted molar refractivity (Wildman–Crippen MR) is 51.6 cm³/mol. The summed E-state index contributed by atoms with van der Waals surface area (Å²) < 4.78 is 0. The van der Waals surface area contributed by atoms with E-state index in [4.69, 9.17) is 0 Å². The Morgan fingerprint density at radius 3 is 3.00 bits per heavy atom. The first-order chi connectivity index (χ1) is 6.18. The van der Waals surface area contributed by atoms with Crippen LogP contribution in [-0.2, 0) is 4.79 Å². The second-order valence-electron chi connectivity index (χ2n) is 3.14. The molecule has 1 aliphatic heterocycles. The van der Waals surface area contributed by atoms with Gasteiger partial charge in [0, 0.05) is 26.1 Å². The van der Waals surface area contributed by atoms with Gasteiger partial charge in [-0.25, -0.2) is 0 Å². The van der Waals surface area contributed by atoms with Crippen LogP contribution in [0, 0.1) is 0 Å². The van der Waals surface area contributed by atoms with Gasteiger partial charge in [-0.05, 0) is 6.92 Å². The highest BCUT2D eigenvalue weighted by molar-refractivity contribution is 5.81. The lowest BCUT2D eigenvalue weighted by Gasteiger charge is -2.08. The molecule has 0 radical (unpaired) electrons. The van der Waals surface area contributed by atoms with Gasteiger partial charge in [-0.15, -0.1) is 0 Å². The summed E-state index contributed by atoms with van der Waals surface area (Å²) in [5, 5.41) is 8.96. The van der Waals surface area contributed by atoms with Crippen molar-refractivity contribution >= 4 is 11.9 Å². The summed E-state index contributed by atoms with van der Waals surface area (Å²) >= 11 is 0. The summed E-state index contributed by atoms with van der Waals surface area (Å²) in [7, 11) is 0. The lowest BCUT2D eigenvalue weighted by atomic mass is 10.4. The lowest BCUT2D eigenvalue weighted by Crippen LogP contribution is -2.41. The summed E-state index contributed by atoms with van der Waals surface area (Å²) in [4.78, 5) is 14.7. The highest BCUT2D eigenvalue weighted by atomic mass is 16.1. The molecule has 1 aliphatic rings. The molecule has 0 aromatic rings. The van der Waals surface area contributed by atoms with Gasteiger partial charge in [0.1, 0.15) is 0 Å². The van der Waals surface area contributed by atoms with Crippen LogP contribution >= 0.6 is 0 Å². The monoisotopic (exact) mass is 184 g/mol. The van der Waals surface area contributed by atoms with E-state index in [1.807, 2.05) is 0 Å². The molecule has 1 atom stereocenters. The van der Waals surface area contributed by atoms with E-state index in [2.05, 4.69) is 27.9 Å². The third-order valence-corrected chi connectivity index (χ3v) is 1.70. The Labute approximate surface area is 78.0 Å². The van der Waals surface area contributed by atoms with Crippen molar-refractivity contribution < 1.29 is 4.79 Å². The maximum absolute atomic E-state index is 10.5. The number of guanidine groups is 1. The van der Waals surface area contributed by atoms with E-state index in [0.29, 0.717) is 19.1 Å². The van der Waals surface area contributed by atoms with E-state index in [9.17, 15) is 4.79 Å². The molecule has 5 heteroatoms. The Balaban J connectivity index is 2.03. The van der Waals surface area contributed by atoms with Gasteiger partial charge in [0.2, 0.25) is 5.91 Å². The van der Waals surface area contributed by atoms with Gasteiger partial charge in [-0.2, -0.15) is 0 Å². The molecule has 5 nitrogen and oxygen atoms in total. The Morgan fingerprint density at radius 1 is 1.69 bits per heavy atom. The fraction of sp³-hybridized carbons (Fsp3) is 0.750. The Morgan fingerprint density at radius 2 is 2.46 bits per heavy atom. The summed E-state index contributed by atoms with van der Waals surface area (Å²) in [6.45, 7) is 5.74. The van der Waals surface area contributed by atoms with Gasteiger partial charge < -0.3 is 16.0 Å². The van der Waals surface area contributed by atoms with Crippen molar-refractivity contribution in [3.05, 3.63) is 0 Å². The van der Waals surface area contributed by atoms with Crippen LogP contribution in [0.4, 0.5) is 0 Å². The molecular weight excluding hydrogens is 168 g/mol. The molecule has 13 heavy (non-hydrogen) atoms. The summed E-state index contributed by atoms with van der Waals surface area (Å²) in [6.07, 6.45) is 0. The minimum atomic E-state index is -0.00325. The highest BCUT2D eigenvalue weighted by Crippen LogP contribution is 1.90. The maximum Gasteiger partial charge on any atom is 0.216 e. The van der Waals surface area contributed by atoms with Crippen LogP contribution < -0.4 is 16.0 Å². The molecule has 1 amide bonds. The number of carbonyl (C=O) groups is 1. The zero-order valence-electron chi connectivity index (χ0n) is 8.05. The summed E-state index contributed by atoms with van der Waals surface area (Å²) in [5.74, 6) is 0.828. The molecule has 0 aromatic carbocycles. The standard InChI is InChI=1S/C8H16N4O/c1-6-5-11-8(12-6)10-4-3-9-7(2)13/h6H,3-5H2,1-2H3,(H,9,13)(H2,10,11,12). The van der Waals surface area contributed by atoms with Crippen LogP contribution in [0.5, 0.6) is 0 Å². The smallest absolute Gasteiger partial charge is 0.216 e. The number of nitrogens with one attached hydrogen (secondary N) is 3. The SMILES string of the molecule is CC(=O)NCCNC1=NCC(C)N1. The summed E-state index contributed by atoms with van der Waals surface area (Å²) in [6, 6.07) is 0.420. The maximum atomic E-state index is 10.5. The molecule has 74 valence electrons. The molecule has 0 aliphatic carbocycles. The highest BCUT2D eigenvalue weighted by Gasteiger charge is 2.10. The second-order valence-corrected chi connectivity index (χ2v) is 3.14. The first-order valence-corrected chi connectivity index (χ1v) is 4.48. The average Bonchev–Trinajstić information content (AvgIpc) is 2.45. The number of hydrogen-bond acceptors (Lipinski definition) is 4. The number of carbonyl (C=O) groups excluding carboxylic acids is 1. The Hall–Kier alpha value is -1.26. The van der Waals surface area contributed by atoms with Crippen molar-refractivity contribution in [2.45, 2.75) is 19.9 Å². The predicted octanol–water partition coefficient (Wildman–Crippen LogP) is -0.940. The van der Waals surface area contributed by atoms with Crippen molar-refractivity contribution in [3.63, 3.8) is 0 Å². The largest absolute Gasteiger partial charge is 0.355 e. The minimum Gasteiger partial charge on any atom is -0.355 e. The lowest BCUT2D eigenvalue weighted by molar-refractivity contribution is -0.118. The third kappa shape index (κ3) is 3.78. The van der Waals surface area contributed by atoms with E-state index in [0.717, 1.165) is 12.5 Å². The Kier molecular flexibility index (Phi) is 3.54. The zero-order valence-corrected chi connectivity index (χ0v) is 8.05. The molecule has 1 unspecified atom stereocenters. The number of hydrogen-bond donors (Lipinski definition) is 3. The van der Waals surface area contributed by atoms with Gasteiger partial charge >= 0.3 is 0 Å². The van der Waals surface area contributed by atoms with Crippen molar-refractivity contribution in [2.24, 2.45) is 4.99 Å². The minimum absolute atomic E-state index is 0.00325. The number of rotatable bonds is 3. The molecule has 3 N–H and O–H groups in total. The van der Waals surface area contributed by atoms with E-state index in [1.54, 1.807) is 0 Å². The van der Waals surface area contributed by atoms with Gasteiger partial charge in [0.25, 0.3) is 0 Å². The molecule has 0 saturated heterocycles. The topological polar surface area (TPSA) is 65.5 Å². The average molecular weight is 184 g/mol. The molecular formula is C8H16N4O. The first-order valence-electron chi connectivity index (χ1n) is 4.48. The van der Waals surface area contributed by atoms with Gasteiger partial charge in [-0.3, -0.25) is 9.79 Å². The Bertz CT molecular complexity index is 214. The van der Waals surface area contributed by atoms with Crippen LogP contribution in [0.3, 0.4) is 0 Å². The van der Waals surface area contributed by atoms with Crippen LogP contribution in [0.2, 0.25) is 0 Å². The van der Waals surface area contributed by atoms with E-state index in [1.165, 1.54) is 6.92 Å². The normalized spacial score (nSPS) is 20.5. The summed E-state index contributed by atoms with van der Waals surface area (Å²) in [5.41, 5.74) is 0. The first kappa shape index (κ1) is 9.83. The molecule has 0 saturated carbocycles. The van der Waals surface area contributed by atoms with Crippen LogP contribution in [0.1, 0.15) is 13.8 Å². The number of aliphatic imine (C=N–C) groups is 1. The van der Waals surface area contributed by atoms with Gasteiger partial charge in [0.05, 0.1) is 6.54 Å². The van der Waals surface area contributed by atoms with Crippen LogP contribution in [0.25, 0.3) is 0 Å². The van der Waals surface area contributed by atoms with E-state index >= 15 is 0 Å².